The van der Waals surface area contributed by atoms with Crippen LogP contribution in [0, 0.1) is 0 Å². The minimum absolute atomic E-state index is 0.00936. The molecule has 0 saturated carbocycles. The minimum atomic E-state index is -0.00936. The minimum Gasteiger partial charge on any atom is -0.488 e. The van der Waals surface area contributed by atoms with Crippen molar-refractivity contribution in [2.24, 2.45) is 0 Å². The number of rotatable bonds is 5. The molecule has 4 aromatic rings. The third-order valence-electron chi connectivity index (χ3n) is 7.31. The summed E-state index contributed by atoms with van der Waals surface area (Å²) < 4.78 is 8.30. The summed E-state index contributed by atoms with van der Waals surface area (Å²) in [5.41, 5.74) is 5.14. The smallest absolute Gasteiger partial charge is 0.317 e. The molecule has 0 radical (unpaired) electrons. The van der Waals surface area contributed by atoms with E-state index >= 15 is 0 Å². The number of fused-ring (bicyclic) bond motifs is 3. The Morgan fingerprint density at radius 2 is 1.94 bits per heavy atom. The Morgan fingerprint density at radius 3 is 2.80 bits per heavy atom. The van der Waals surface area contributed by atoms with E-state index in [2.05, 4.69) is 34.3 Å². The molecule has 1 atom stereocenters. The number of ether oxygens (including phenoxy) is 1. The van der Waals surface area contributed by atoms with Crippen LogP contribution in [0.5, 0.6) is 5.75 Å². The van der Waals surface area contributed by atoms with Gasteiger partial charge in [0.05, 0.1) is 11.2 Å². The largest absolute Gasteiger partial charge is 0.488 e. The van der Waals surface area contributed by atoms with Crippen molar-refractivity contribution in [2.45, 2.75) is 38.3 Å². The number of amides is 2. The summed E-state index contributed by atoms with van der Waals surface area (Å²) in [6.07, 6.45) is 3.89. The van der Waals surface area contributed by atoms with E-state index in [4.69, 9.17) is 14.8 Å². The van der Waals surface area contributed by atoms with E-state index < -0.39 is 0 Å². The summed E-state index contributed by atoms with van der Waals surface area (Å²) in [6.45, 7) is 5.52. The highest BCUT2D eigenvalue weighted by Gasteiger charge is 2.46. The van der Waals surface area contributed by atoms with E-state index in [-0.39, 0.29) is 11.4 Å². The van der Waals surface area contributed by atoms with E-state index in [0.29, 0.717) is 13.2 Å². The van der Waals surface area contributed by atoms with E-state index in [1.807, 2.05) is 54.4 Å². The topological polar surface area (TPSA) is 72.3 Å². The number of hydrogen-bond donors (Lipinski definition) is 1. The number of pyridine rings is 1. The van der Waals surface area contributed by atoms with Crippen LogP contribution in [0.15, 0.2) is 66.9 Å². The number of likely N-dealkylation sites (tertiary alicyclic amines) is 1. The van der Waals surface area contributed by atoms with Gasteiger partial charge in [0.15, 0.2) is 0 Å². The molecule has 1 fully saturated rings. The summed E-state index contributed by atoms with van der Waals surface area (Å²) in [7, 11) is 0. The average Bonchev–Trinajstić information content (AvgIpc) is 3.60. The molecule has 0 aliphatic carbocycles. The number of hydrogen-bond acceptors (Lipinski definition) is 4. The van der Waals surface area contributed by atoms with E-state index in [1.54, 1.807) is 0 Å². The zero-order chi connectivity index (χ0) is 23.8. The molecule has 178 valence electrons. The highest BCUT2D eigenvalue weighted by atomic mass is 16.5. The van der Waals surface area contributed by atoms with Crippen LogP contribution in [0.4, 0.5) is 4.79 Å². The molecule has 4 heterocycles. The highest BCUT2D eigenvalue weighted by Crippen LogP contribution is 2.44. The third kappa shape index (κ3) is 3.91. The SMILES string of the molecule is CCNC(=O)N1CCC2(CCn3nc(-c4cnc5cccc(OCc6ccccc6)c5c4)cc32)C1. The summed E-state index contributed by atoms with van der Waals surface area (Å²) >= 11 is 0. The van der Waals surface area contributed by atoms with Gasteiger partial charge in [0, 0.05) is 54.4 Å². The van der Waals surface area contributed by atoms with Crippen LogP contribution in [0.3, 0.4) is 0 Å². The Morgan fingerprint density at radius 1 is 1.09 bits per heavy atom. The lowest BCUT2D eigenvalue weighted by Crippen LogP contribution is -2.40. The number of nitrogens with zero attached hydrogens (tertiary/aromatic N) is 4. The Labute approximate surface area is 204 Å². The number of aryl methyl sites for hydroxylation is 1. The fourth-order valence-electron chi connectivity index (χ4n) is 5.45. The van der Waals surface area contributed by atoms with Gasteiger partial charge in [0.2, 0.25) is 0 Å². The predicted molar refractivity (Wildman–Crippen MR) is 135 cm³/mol. The lowest BCUT2D eigenvalue weighted by molar-refractivity contribution is 0.206. The Bertz CT molecular complexity index is 1380. The summed E-state index contributed by atoms with van der Waals surface area (Å²) in [4.78, 5) is 19.1. The van der Waals surface area contributed by atoms with Crippen LogP contribution in [0.2, 0.25) is 0 Å². The van der Waals surface area contributed by atoms with Gasteiger partial charge in [-0.2, -0.15) is 5.10 Å². The van der Waals surface area contributed by atoms with Gasteiger partial charge >= 0.3 is 6.03 Å². The van der Waals surface area contributed by atoms with Crippen molar-refractivity contribution >= 4 is 16.9 Å². The zero-order valence-electron chi connectivity index (χ0n) is 19.9. The second-order valence-corrected chi connectivity index (χ2v) is 9.50. The highest BCUT2D eigenvalue weighted by molar-refractivity contribution is 5.88. The van der Waals surface area contributed by atoms with Gasteiger partial charge in [-0.05, 0) is 49.6 Å². The number of carbonyl (C=O) groups excluding carboxylic acids is 1. The van der Waals surface area contributed by atoms with E-state index in [9.17, 15) is 4.79 Å². The van der Waals surface area contributed by atoms with Crippen LogP contribution < -0.4 is 10.1 Å². The maximum absolute atomic E-state index is 12.4. The molecule has 1 spiro atoms. The van der Waals surface area contributed by atoms with Gasteiger partial charge in [0.1, 0.15) is 12.4 Å². The quantitative estimate of drug-likeness (QED) is 0.460. The Kier molecular flexibility index (Phi) is 5.40. The van der Waals surface area contributed by atoms with Crippen molar-refractivity contribution in [3.8, 4) is 17.0 Å². The molecule has 7 heteroatoms. The van der Waals surface area contributed by atoms with Crippen molar-refractivity contribution in [1.82, 2.24) is 25.0 Å². The van der Waals surface area contributed by atoms with Gasteiger partial charge in [-0.1, -0.05) is 36.4 Å². The molecule has 35 heavy (non-hydrogen) atoms. The van der Waals surface area contributed by atoms with Gasteiger partial charge in [-0.3, -0.25) is 9.67 Å². The summed E-state index contributed by atoms with van der Waals surface area (Å²) in [5.74, 6) is 0.817. The molecule has 0 bridgehead atoms. The molecule has 2 aromatic carbocycles. The van der Waals surface area contributed by atoms with Gasteiger partial charge in [-0.25, -0.2) is 4.79 Å². The molecule has 6 rings (SSSR count). The maximum Gasteiger partial charge on any atom is 0.317 e. The Balaban J connectivity index is 1.28. The third-order valence-corrected chi connectivity index (χ3v) is 7.31. The van der Waals surface area contributed by atoms with Crippen molar-refractivity contribution in [1.29, 1.82) is 0 Å². The van der Waals surface area contributed by atoms with Crippen LogP contribution in [0.25, 0.3) is 22.2 Å². The second-order valence-electron chi connectivity index (χ2n) is 9.50. The van der Waals surface area contributed by atoms with Crippen LogP contribution in [-0.2, 0) is 18.6 Å². The van der Waals surface area contributed by atoms with Crippen LogP contribution in [0.1, 0.15) is 31.0 Å². The number of urea groups is 1. The molecule has 2 aliphatic heterocycles. The maximum atomic E-state index is 12.4. The lowest BCUT2D eigenvalue weighted by Gasteiger charge is -2.23. The lowest BCUT2D eigenvalue weighted by atomic mass is 9.82. The van der Waals surface area contributed by atoms with Crippen molar-refractivity contribution in [3.63, 3.8) is 0 Å². The number of carbonyl (C=O) groups is 1. The summed E-state index contributed by atoms with van der Waals surface area (Å²) in [6, 6.07) is 20.5. The monoisotopic (exact) mass is 467 g/mol. The van der Waals surface area contributed by atoms with Gasteiger partial charge in [0.25, 0.3) is 0 Å². The molecule has 2 aliphatic rings. The molecule has 7 nitrogen and oxygen atoms in total. The van der Waals surface area contributed by atoms with Crippen molar-refractivity contribution in [2.75, 3.05) is 19.6 Å². The molecule has 1 unspecified atom stereocenters. The number of aromatic nitrogens is 3. The molecule has 2 aromatic heterocycles. The first-order valence-electron chi connectivity index (χ1n) is 12.3. The normalized spacial score (nSPS) is 18.8. The fraction of sp³-hybridized carbons (Fsp3) is 0.321. The first-order chi connectivity index (χ1) is 17.1. The van der Waals surface area contributed by atoms with Gasteiger partial charge < -0.3 is 15.0 Å². The first-order valence-corrected chi connectivity index (χ1v) is 12.3. The van der Waals surface area contributed by atoms with Crippen LogP contribution >= 0.6 is 0 Å². The predicted octanol–water partition coefficient (Wildman–Crippen LogP) is 4.75. The zero-order valence-corrected chi connectivity index (χ0v) is 19.9. The Hall–Kier alpha value is -3.87. The van der Waals surface area contributed by atoms with Crippen molar-refractivity contribution < 1.29 is 9.53 Å². The first kappa shape index (κ1) is 21.6. The van der Waals surface area contributed by atoms with E-state index in [0.717, 1.165) is 65.9 Å². The van der Waals surface area contributed by atoms with Crippen LogP contribution in [-0.4, -0.2) is 45.3 Å². The number of benzene rings is 2. The summed E-state index contributed by atoms with van der Waals surface area (Å²) in [5, 5.41) is 8.85. The molecule has 1 N–H and O–H groups in total. The van der Waals surface area contributed by atoms with Gasteiger partial charge in [-0.15, -0.1) is 0 Å². The molecular formula is C28H29N5O2. The average molecular weight is 468 g/mol. The number of nitrogens with one attached hydrogen (secondary N) is 1. The molecule has 1 saturated heterocycles. The fourth-order valence-corrected chi connectivity index (χ4v) is 5.45. The molecule has 2 amide bonds. The molecular weight excluding hydrogens is 438 g/mol. The van der Waals surface area contributed by atoms with E-state index in [1.165, 1.54) is 5.69 Å². The second kappa shape index (κ2) is 8.73. The van der Waals surface area contributed by atoms with Crippen molar-refractivity contribution in [3.05, 3.63) is 78.1 Å². The standard InChI is InChI=1S/C28H29N5O2/c1-2-29-27(34)32-13-11-28(19-32)12-14-33-26(28)16-24(31-33)21-15-22-23(30-17-21)9-6-10-25(22)35-18-20-7-4-3-5-8-20/h3-10,15-17H,2,11-14,18-19H2,1H3,(H,29,34).